The molecule has 8 heteroatoms. The normalized spacial score (nSPS) is 18.1. The number of aliphatic hydroxyl groups is 1. The van der Waals surface area contributed by atoms with E-state index in [2.05, 4.69) is 9.62 Å². The van der Waals surface area contributed by atoms with E-state index in [4.69, 9.17) is 16.7 Å². The molecule has 2 rings (SSSR count). The first kappa shape index (κ1) is 16.6. The van der Waals surface area contributed by atoms with Gasteiger partial charge < -0.3 is 10.0 Å². The summed E-state index contributed by atoms with van der Waals surface area (Å²) >= 11 is 5.79. The number of benzene rings is 1. The molecule has 2 N–H and O–H groups in total. The second-order valence-electron chi connectivity index (χ2n) is 5.23. The van der Waals surface area contributed by atoms with Gasteiger partial charge in [-0.15, -0.1) is 0 Å². The van der Waals surface area contributed by atoms with Gasteiger partial charge in [-0.05, 0) is 45.1 Å². The third kappa shape index (κ3) is 3.92. The molecule has 0 spiro atoms. The molecule has 1 aromatic carbocycles. The largest absolute Gasteiger partial charge is 0.392 e. The first-order valence-electron chi connectivity index (χ1n) is 6.63. The van der Waals surface area contributed by atoms with Crippen molar-refractivity contribution in [2.45, 2.75) is 30.4 Å². The van der Waals surface area contributed by atoms with Gasteiger partial charge in [-0.25, -0.2) is 17.5 Å². The van der Waals surface area contributed by atoms with Crippen LogP contribution in [0.3, 0.4) is 0 Å². The van der Waals surface area contributed by atoms with Gasteiger partial charge in [0.15, 0.2) is 0 Å². The topological polar surface area (TPSA) is 69.6 Å². The Hall–Kier alpha value is -0.730. The Labute approximate surface area is 128 Å². The highest BCUT2D eigenvalue weighted by atomic mass is 35.5. The zero-order valence-electron chi connectivity index (χ0n) is 11.6. The molecule has 1 aliphatic heterocycles. The van der Waals surface area contributed by atoms with Gasteiger partial charge in [0.05, 0.1) is 6.61 Å². The lowest BCUT2D eigenvalue weighted by atomic mass is 10.1. The van der Waals surface area contributed by atoms with Crippen molar-refractivity contribution in [2.75, 3.05) is 20.1 Å². The minimum absolute atomic E-state index is 0.0733. The number of sulfonamides is 1. The van der Waals surface area contributed by atoms with Crippen LogP contribution < -0.4 is 4.72 Å². The van der Waals surface area contributed by atoms with Gasteiger partial charge >= 0.3 is 0 Å². The third-order valence-electron chi connectivity index (χ3n) is 3.58. The number of hydrogen-bond acceptors (Lipinski definition) is 4. The number of rotatable bonds is 4. The number of piperidine rings is 1. The van der Waals surface area contributed by atoms with E-state index >= 15 is 0 Å². The highest BCUT2D eigenvalue weighted by Crippen LogP contribution is 2.24. The second-order valence-corrected chi connectivity index (χ2v) is 7.35. The van der Waals surface area contributed by atoms with E-state index in [1.165, 1.54) is 6.07 Å². The van der Waals surface area contributed by atoms with Gasteiger partial charge in [0.1, 0.15) is 10.7 Å². The molecule has 1 heterocycles. The van der Waals surface area contributed by atoms with E-state index in [1.54, 1.807) is 0 Å². The molecule has 1 aromatic rings. The summed E-state index contributed by atoms with van der Waals surface area (Å²) in [5, 5.41) is 9.14. The summed E-state index contributed by atoms with van der Waals surface area (Å²) in [5.41, 5.74) is -0.133. The Morgan fingerprint density at radius 3 is 2.62 bits per heavy atom. The van der Waals surface area contributed by atoms with E-state index in [-0.39, 0.29) is 16.6 Å². The Kier molecular flexibility index (Phi) is 5.21. The van der Waals surface area contributed by atoms with Crippen molar-refractivity contribution in [3.8, 4) is 0 Å². The smallest absolute Gasteiger partial charge is 0.243 e. The molecule has 0 atom stereocenters. The number of nitrogens with zero attached hydrogens (tertiary/aromatic N) is 1. The van der Waals surface area contributed by atoms with Gasteiger partial charge in [-0.3, -0.25) is 0 Å². The maximum Gasteiger partial charge on any atom is 0.243 e. The van der Waals surface area contributed by atoms with Gasteiger partial charge in [0, 0.05) is 16.6 Å². The number of nitrogens with one attached hydrogen (secondary N) is 1. The average Bonchev–Trinajstić information content (AvgIpc) is 2.43. The molecule has 1 saturated heterocycles. The van der Waals surface area contributed by atoms with Crippen molar-refractivity contribution in [2.24, 2.45) is 0 Å². The predicted molar refractivity (Wildman–Crippen MR) is 78.2 cm³/mol. The Morgan fingerprint density at radius 2 is 2.05 bits per heavy atom. The molecular weight excluding hydrogens is 319 g/mol. The maximum absolute atomic E-state index is 14.1. The molecular formula is C13H18ClFN2O3S. The molecule has 5 nitrogen and oxygen atoms in total. The van der Waals surface area contributed by atoms with E-state index in [0.717, 1.165) is 19.2 Å². The van der Waals surface area contributed by atoms with Crippen LogP contribution in [0.25, 0.3) is 0 Å². The first-order valence-corrected chi connectivity index (χ1v) is 8.49. The average molecular weight is 337 g/mol. The van der Waals surface area contributed by atoms with Crippen molar-refractivity contribution in [1.29, 1.82) is 0 Å². The molecule has 118 valence electrons. The molecule has 0 amide bonds. The SMILES string of the molecule is CN1CCC(NS(=O)(=O)c2cc(Cl)cc(CO)c2F)CC1. The van der Waals surface area contributed by atoms with Crippen molar-refractivity contribution in [3.63, 3.8) is 0 Å². The molecule has 21 heavy (non-hydrogen) atoms. The molecule has 0 bridgehead atoms. The molecule has 0 radical (unpaired) electrons. The number of aliphatic hydroxyl groups excluding tert-OH is 1. The molecule has 0 aromatic heterocycles. The van der Waals surface area contributed by atoms with Crippen LogP contribution in [0, 0.1) is 5.82 Å². The fraction of sp³-hybridized carbons (Fsp3) is 0.538. The zero-order chi connectivity index (χ0) is 15.6. The zero-order valence-corrected chi connectivity index (χ0v) is 13.2. The molecule has 0 unspecified atom stereocenters. The van der Waals surface area contributed by atoms with Crippen LogP contribution in [-0.2, 0) is 16.6 Å². The lowest BCUT2D eigenvalue weighted by Gasteiger charge is -2.29. The van der Waals surface area contributed by atoms with E-state index in [9.17, 15) is 12.8 Å². The van der Waals surface area contributed by atoms with Gasteiger partial charge in [-0.1, -0.05) is 11.6 Å². The van der Waals surface area contributed by atoms with Crippen LogP contribution in [0.5, 0.6) is 0 Å². The van der Waals surface area contributed by atoms with Gasteiger partial charge in [-0.2, -0.15) is 0 Å². The van der Waals surface area contributed by atoms with Crippen LogP contribution in [0.2, 0.25) is 5.02 Å². The Balaban J connectivity index is 2.25. The first-order chi connectivity index (χ1) is 9.83. The van der Waals surface area contributed by atoms with Crippen molar-refractivity contribution in [1.82, 2.24) is 9.62 Å². The van der Waals surface area contributed by atoms with Crippen molar-refractivity contribution >= 4 is 21.6 Å². The molecule has 1 aliphatic rings. The van der Waals surface area contributed by atoms with Crippen LogP contribution in [-0.4, -0.2) is 44.6 Å². The summed E-state index contributed by atoms with van der Waals surface area (Å²) in [6.07, 6.45) is 1.34. The monoisotopic (exact) mass is 336 g/mol. The summed E-state index contributed by atoms with van der Waals surface area (Å²) in [4.78, 5) is 1.59. The van der Waals surface area contributed by atoms with E-state index in [0.29, 0.717) is 12.8 Å². The maximum atomic E-state index is 14.1. The summed E-state index contributed by atoms with van der Waals surface area (Å²) in [5.74, 6) is -0.956. The summed E-state index contributed by atoms with van der Waals surface area (Å²) in [6.45, 7) is 0.962. The highest BCUT2D eigenvalue weighted by molar-refractivity contribution is 7.89. The van der Waals surface area contributed by atoms with Crippen LogP contribution >= 0.6 is 11.6 Å². The van der Waals surface area contributed by atoms with Crippen LogP contribution in [0.15, 0.2) is 17.0 Å². The lowest BCUT2D eigenvalue weighted by molar-refractivity contribution is 0.248. The standard InChI is InChI=1S/C13H18ClFN2O3S/c1-17-4-2-11(3-5-17)16-21(19,20)12-7-10(14)6-9(8-18)13(12)15/h6-7,11,16,18H,2-5,8H2,1H3. The fourth-order valence-corrected chi connectivity index (χ4v) is 4.09. The second kappa shape index (κ2) is 6.58. The summed E-state index contributed by atoms with van der Waals surface area (Å²) in [7, 11) is -2.04. The molecule has 0 aliphatic carbocycles. The van der Waals surface area contributed by atoms with E-state index < -0.39 is 27.3 Å². The summed E-state index contributed by atoms with van der Waals surface area (Å²) in [6, 6.07) is 2.06. The fourth-order valence-electron chi connectivity index (χ4n) is 2.34. The van der Waals surface area contributed by atoms with Crippen molar-refractivity contribution < 1.29 is 17.9 Å². The quantitative estimate of drug-likeness (QED) is 0.870. The lowest BCUT2D eigenvalue weighted by Crippen LogP contribution is -2.43. The third-order valence-corrected chi connectivity index (χ3v) is 5.32. The molecule has 1 fully saturated rings. The minimum Gasteiger partial charge on any atom is -0.392 e. The Bertz CT molecular complexity index is 616. The number of hydrogen-bond donors (Lipinski definition) is 2. The highest BCUT2D eigenvalue weighted by Gasteiger charge is 2.27. The van der Waals surface area contributed by atoms with Gasteiger partial charge in [0.2, 0.25) is 10.0 Å². The molecule has 0 saturated carbocycles. The predicted octanol–water partition coefficient (Wildman–Crippen LogP) is 1.34. The number of halogens is 2. The van der Waals surface area contributed by atoms with Crippen LogP contribution in [0.4, 0.5) is 4.39 Å². The van der Waals surface area contributed by atoms with Gasteiger partial charge in [0.25, 0.3) is 0 Å². The van der Waals surface area contributed by atoms with Crippen molar-refractivity contribution in [3.05, 3.63) is 28.5 Å². The minimum atomic E-state index is -4.00. The Morgan fingerprint density at radius 1 is 1.43 bits per heavy atom. The summed E-state index contributed by atoms with van der Waals surface area (Å²) < 4.78 is 41.3. The number of likely N-dealkylation sites (tertiary alicyclic amines) is 1. The van der Waals surface area contributed by atoms with Crippen LogP contribution in [0.1, 0.15) is 18.4 Å². The van der Waals surface area contributed by atoms with E-state index in [1.807, 2.05) is 7.05 Å².